The Morgan fingerprint density at radius 2 is 2.11 bits per heavy atom. The van der Waals surface area contributed by atoms with Gasteiger partial charge in [0.15, 0.2) is 0 Å². The normalized spacial score (nSPS) is 18.6. The van der Waals surface area contributed by atoms with Crippen LogP contribution in [0.3, 0.4) is 0 Å². The first kappa shape index (κ1) is 13.6. The van der Waals surface area contributed by atoms with E-state index in [1.807, 2.05) is 0 Å². The highest BCUT2D eigenvalue weighted by molar-refractivity contribution is 6.29. The van der Waals surface area contributed by atoms with Crippen LogP contribution in [0.25, 0.3) is 0 Å². The van der Waals surface area contributed by atoms with Crippen molar-refractivity contribution in [3.63, 3.8) is 0 Å². The molecule has 0 spiro atoms. The number of hydrogen-bond donors (Lipinski definition) is 2. The molecule has 1 unspecified atom stereocenters. The van der Waals surface area contributed by atoms with Crippen molar-refractivity contribution >= 4 is 17.4 Å². The zero-order valence-electron chi connectivity index (χ0n) is 10.7. The van der Waals surface area contributed by atoms with Crippen molar-refractivity contribution in [3.05, 3.63) is 17.0 Å². The van der Waals surface area contributed by atoms with E-state index in [0.717, 1.165) is 18.7 Å². The molecule has 1 heterocycles. The van der Waals surface area contributed by atoms with E-state index >= 15 is 0 Å². The molecule has 0 aliphatic heterocycles. The van der Waals surface area contributed by atoms with Crippen molar-refractivity contribution in [1.29, 1.82) is 0 Å². The number of halogens is 1. The molecule has 0 saturated heterocycles. The Bertz CT molecular complexity index is 392. The second-order valence-corrected chi connectivity index (χ2v) is 5.39. The van der Waals surface area contributed by atoms with Gasteiger partial charge in [-0.05, 0) is 19.8 Å². The molecule has 18 heavy (non-hydrogen) atoms. The van der Waals surface area contributed by atoms with Crippen LogP contribution < -0.4 is 5.32 Å². The van der Waals surface area contributed by atoms with Gasteiger partial charge in [-0.2, -0.15) is 0 Å². The lowest BCUT2D eigenvalue weighted by Gasteiger charge is -2.20. The Labute approximate surface area is 113 Å². The van der Waals surface area contributed by atoms with Gasteiger partial charge in [0.05, 0.1) is 6.10 Å². The summed E-state index contributed by atoms with van der Waals surface area (Å²) in [5.74, 6) is 1.98. The molecular weight excluding hydrogens is 250 g/mol. The Morgan fingerprint density at radius 3 is 2.78 bits per heavy atom. The molecule has 0 aromatic carbocycles. The van der Waals surface area contributed by atoms with Gasteiger partial charge in [0.1, 0.15) is 16.8 Å². The summed E-state index contributed by atoms with van der Waals surface area (Å²) in [6.07, 6.45) is 5.70. The SMILES string of the molecule is CC(O)CNc1cc(Cl)nc(C2CCCCC2)n1. The third kappa shape index (κ3) is 3.82. The van der Waals surface area contributed by atoms with Gasteiger partial charge in [-0.25, -0.2) is 9.97 Å². The van der Waals surface area contributed by atoms with Crippen molar-refractivity contribution in [3.8, 4) is 0 Å². The summed E-state index contributed by atoms with van der Waals surface area (Å²) in [5, 5.41) is 12.8. The summed E-state index contributed by atoms with van der Waals surface area (Å²) in [7, 11) is 0. The molecule has 1 aromatic heterocycles. The first-order valence-corrected chi connectivity index (χ1v) is 6.99. The molecule has 1 saturated carbocycles. The fraction of sp³-hybridized carbons (Fsp3) is 0.692. The van der Waals surface area contributed by atoms with Crippen LogP contribution in [0.4, 0.5) is 5.82 Å². The van der Waals surface area contributed by atoms with E-state index in [1.165, 1.54) is 19.3 Å². The van der Waals surface area contributed by atoms with Crippen LogP contribution in [0.5, 0.6) is 0 Å². The molecule has 1 aromatic rings. The third-order valence-corrected chi connectivity index (χ3v) is 3.45. The van der Waals surface area contributed by atoms with Crippen LogP contribution in [-0.4, -0.2) is 27.7 Å². The molecule has 100 valence electrons. The fourth-order valence-corrected chi connectivity index (χ4v) is 2.51. The summed E-state index contributed by atoms with van der Waals surface area (Å²) < 4.78 is 0. The average molecular weight is 270 g/mol. The molecule has 0 radical (unpaired) electrons. The van der Waals surface area contributed by atoms with Crippen molar-refractivity contribution in [2.75, 3.05) is 11.9 Å². The topological polar surface area (TPSA) is 58.0 Å². The number of nitrogens with one attached hydrogen (secondary N) is 1. The van der Waals surface area contributed by atoms with E-state index in [4.69, 9.17) is 11.6 Å². The lowest BCUT2D eigenvalue weighted by molar-refractivity contribution is 0.208. The summed E-state index contributed by atoms with van der Waals surface area (Å²) in [5.41, 5.74) is 0. The van der Waals surface area contributed by atoms with Gasteiger partial charge in [-0.15, -0.1) is 0 Å². The molecule has 2 N–H and O–H groups in total. The van der Waals surface area contributed by atoms with E-state index in [1.54, 1.807) is 13.0 Å². The lowest BCUT2D eigenvalue weighted by Crippen LogP contribution is -2.17. The largest absolute Gasteiger partial charge is 0.392 e. The third-order valence-electron chi connectivity index (χ3n) is 3.26. The zero-order valence-corrected chi connectivity index (χ0v) is 11.5. The Morgan fingerprint density at radius 1 is 1.39 bits per heavy atom. The molecule has 4 nitrogen and oxygen atoms in total. The smallest absolute Gasteiger partial charge is 0.135 e. The minimum atomic E-state index is -0.406. The van der Waals surface area contributed by atoms with Crippen molar-refractivity contribution in [2.45, 2.75) is 51.0 Å². The highest BCUT2D eigenvalue weighted by atomic mass is 35.5. The van der Waals surface area contributed by atoms with E-state index in [9.17, 15) is 5.11 Å². The monoisotopic (exact) mass is 269 g/mol. The van der Waals surface area contributed by atoms with Crippen LogP contribution in [-0.2, 0) is 0 Å². The number of rotatable bonds is 4. The van der Waals surface area contributed by atoms with Crippen LogP contribution in [0.1, 0.15) is 50.8 Å². The highest BCUT2D eigenvalue weighted by Gasteiger charge is 2.19. The molecule has 2 rings (SSSR count). The maximum absolute atomic E-state index is 9.26. The molecule has 0 bridgehead atoms. The molecule has 0 amide bonds. The standard InChI is InChI=1S/C13H20ClN3O/c1-9(18)8-15-12-7-11(14)16-13(17-12)10-5-3-2-4-6-10/h7,9-10,18H,2-6,8H2,1H3,(H,15,16,17). The average Bonchev–Trinajstić information content (AvgIpc) is 2.37. The summed E-state index contributed by atoms with van der Waals surface area (Å²) in [4.78, 5) is 8.85. The van der Waals surface area contributed by atoms with Gasteiger partial charge in [0.25, 0.3) is 0 Å². The van der Waals surface area contributed by atoms with E-state index < -0.39 is 6.10 Å². The molecule has 1 fully saturated rings. The minimum absolute atomic E-state index is 0.406. The van der Waals surface area contributed by atoms with E-state index in [0.29, 0.717) is 23.4 Å². The van der Waals surface area contributed by atoms with Crippen LogP contribution >= 0.6 is 11.6 Å². The van der Waals surface area contributed by atoms with Crippen LogP contribution in [0.15, 0.2) is 6.07 Å². The maximum atomic E-state index is 9.26. The predicted octanol–water partition coefficient (Wildman–Crippen LogP) is 2.97. The molecule has 1 aliphatic rings. The first-order chi connectivity index (χ1) is 8.65. The van der Waals surface area contributed by atoms with E-state index in [2.05, 4.69) is 15.3 Å². The summed E-state index contributed by atoms with van der Waals surface area (Å²) in [6, 6.07) is 1.70. The summed E-state index contributed by atoms with van der Waals surface area (Å²) >= 11 is 6.03. The van der Waals surface area contributed by atoms with Gasteiger partial charge in [-0.1, -0.05) is 30.9 Å². The number of aliphatic hydroxyl groups is 1. The second-order valence-electron chi connectivity index (χ2n) is 5.00. The van der Waals surface area contributed by atoms with Crippen LogP contribution in [0.2, 0.25) is 5.15 Å². The van der Waals surface area contributed by atoms with Crippen molar-refractivity contribution in [1.82, 2.24) is 9.97 Å². The summed E-state index contributed by atoms with van der Waals surface area (Å²) in [6.45, 7) is 2.20. The number of hydrogen-bond acceptors (Lipinski definition) is 4. The van der Waals surface area contributed by atoms with E-state index in [-0.39, 0.29) is 0 Å². The number of aromatic nitrogens is 2. The number of aliphatic hydroxyl groups excluding tert-OH is 1. The fourth-order valence-electron chi connectivity index (χ4n) is 2.32. The first-order valence-electron chi connectivity index (χ1n) is 6.61. The van der Waals surface area contributed by atoms with Gasteiger partial charge in [0, 0.05) is 18.5 Å². The molecule has 1 atom stereocenters. The molecular formula is C13H20ClN3O. The molecule has 1 aliphatic carbocycles. The zero-order chi connectivity index (χ0) is 13.0. The van der Waals surface area contributed by atoms with Gasteiger partial charge >= 0.3 is 0 Å². The highest BCUT2D eigenvalue weighted by Crippen LogP contribution is 2.31. The molecule has 5 heteroatoms. The maximum Gasteiger partial charge on any atom is 0.135 e. The second kappa shape index (κ2) is 6.34. The van der Waals surface area contributed by atoms with Gasteiger partial charge < -0.3 is 10.4 Å². The predicted molar refractivity (Wildman–Crippen MR) is 73.0 cm³/mol. The van der Waals surface area contributed by atoms with Crippen molar-refractivity contribution in [2.24, 2.45) is 0 Å². The Kier molecular flexibility index (Phi) is 4.78. The Hall–Kier alpha value is -0.870. The minimum Gasteiger partial charge on any atom is -0.392 e. The lowest BCUT2D eigenvalue weighted by atomic mass is 9.89. The number of nitrogens with zero attached hydrogens (tertiary/aromatic N) is 2. The van der Waals surface area contributed by atoms with Gasteiger partial charge in [-0.3, -0.25) is 0 Å². The van der Waals surface area contributed by atoms with Crippen LogP contribution in [0, 0.1) is 0 Å². The Balaban J connectivity index is 2.09. The number of anilines is 1. The van der Waals surface area contributed by atoms with Gasteiger partial charge in [0.2, 0.25) is 0 Å². The van der Waals surface area contributed by atoms with Crippen molar-refractivity contribution < 1.29 is 5.11 Å². The quantitative estimate of drug-likeness (QED) is 0.825.